The average molecular weight is 1220 g/mol. The normalized spacial score (nSPS) is 26.9. The Morgan fingerprint density at radius 3 is 1.57 bits per heavy atom. The zero-order valence-electron chi connectivity index (χ0n) is 45.8. The van der Waals surface area contributed by atoms with Crippen molar-refractivity contribution < 1.29 is 142 Å². The third kappa shape index (κ3) is 11.1. The molecular weight excluding hydrogens is 1160 g/mol. The van der Waals surface area contributed by atoms with Crippen LogP contribution in [0.5, 0.6) is 23.0 Å². The van der Waals surface area contributed by atoms with Crippen molar-refractivity contribution in [2.75, 3.05) is 13.2 Å². The third-order valence-corrected chi connectivity index (χ3v) is 16.4. The smallest absolute Gasteiger partial charge is 0.303 e. The van der Waals surface area contributed by atoms with Crippen molar-refractivity contribution in [2.24, 2.45) is 0 Å². The molecule has 0 spiro atoms. The van der Waals surface area contributed by atoms with Crippen LogP contribution in [-0.2, 0) is 64.2 Å². The van der Waals surface area contributed by atoms with Gasteiger partial charge in [-0.25, -0.2) is 0 Å². The monoisotopic (exact) mass is 1220 g/mol. The van der Waals surface area contributed by atoms with Crippen LogP contribution < -0.4 is 23.5 Å². The van der Waals surface area contributed by atoms with Crippen LogP contribution in [0, 0.1) is 0 Å². The summed E-state index contributed by atoms with van der Waals surface area (Å²) in [7, 11) is 0. The molecular formula is C58H61ClN2O25. The first-order valence-electron chi connectivity index (χ1n) is 26.8. The molecule has 4 aromatic rings. The number of fused-ring (bicyclic) bond motifs is 6. The van der Waals surface area contributed by atoms with Crippen molar-refractivity contribution in [2.45, 2.75) is 138 Å². The van der Waals surface area contributed by atoms with E-state index in [0.717, 1.165) is 6.08 Å². The number of carboxylic acid groups (broad SMARTS) is 1. The number of aliphatic carboxylic acids is 1. The van der Waals surface area contributed by atoms with Gasteiger partial charge in [0.2, 0.25) is 5.91 Å². The maximum atomic E-state index is 13.7. The molecule has 2 unspecified atom stereocenters. The second-order valence-corrected chi connectivity index (χ2v) is 21.8. The SMILES string of the molecule is CC1OC(O[C@H]2C[C@](O)(C(=O)CO)Cc3c(O)c4c(c(O)c32)C(=O)c2c(CO)cccc2C4=O)=C[C@@H](NC(=O)CCC(=O)O)[C@@H]1O.CC1O[C@@H](O[C@H]2C[C@](O)(C(=O)CO)Cc3c(O)c4c(c(O)c32)C(=O)c2c(CO)cccc2C4=O)C[C@@H]([NH3+])[C@@H]1O.[Cl-]. The Labute approximate surface area is 492 Å². The molecule has 0 saturated carbocycles. The van der Waals surface area contributed by atoms with Crippen molar-refractivity contribution in [3.8, 4) is 23.0 Å². The highest BCUT2D eigenvalue weighted by Gasteiger charge is 2.53. The van der Waals surface area contributed by atoms with Crippen LogP contribution in [0.4, 0.5) is 0 Å². The number of ether oxygens (including phenoxy) is 4. The minimum atomic E-state index is -2.39. The Kier molecular flexibility index (Phi) is 18.3. The number of phenols is 4. The molecule has 2 aliphatic heterocycles. The number of aliphatic hydroxyl groups is 8. The van der Waals surface area contributed by atoms with Crippen molar-refractivity contribution in [3.05, 3.63) is 126 Å². The number of hydrogen-bond donors (Lipinski definition) is 15. The number of benzene rings is 4. The van der Waals surface area contributed by atoms with Gasteiger partial charge in [-0.05, 0) is 25.0 Å². The molecule has 28 heteroatoms. The van der Waals surface area contributed by atoms with Crippen molar-refractivity contribution in [3.63, 3.8) is 0 Å². The highest BCUT2D eigenvalue weighted by Crippen LogP contribution is 2.54. The summed E-state index contributed by atoms with van der Waals surface area (Å²) in [5, 5.41) is 139. The molecule has 10 rings (SSSR count). The number of rotatable bonds is 14. The van der Waals surface area contributed by atoms with Gasteiger partial charge in [0.05, 0.1) is 66.6 Å². The number of ketones is 6. The van der Waals surface area contributed by atoms with Gasteiger partial charge in [0, 0.05) is 82.7 Å². The molecule has 1 fully saturated rings. The standard InChI is InChI=1S/C31H31NO14.C27H29NO11.ClH/c1-12-26(39)16(32-19(36)5-6-20(37)38)7-21(45-12)46-17-9-31(44,18(35)11-34)8-15-23(17)30(43)25-24(28(15)41)27(40)14-4-2-3-13(10-33)22(14)29(25)42;1-10-22(32)14(28)5-17(38-10)39-15-7-27(37,16(31)9-30)6-13-19(15)26(36)21-20(24(13)34)23(33)12-4-2-3-11(8-29)18(12)25(21)35;/h2-4,7,12,16-17,26,33-34,39,41,43-44H,5-6,8-11H2,1H3,(H,32,36)(H,37,38);2-4,10,14-15,17,22,29-30,32,34,36-37H,5-9,28H2,1H3;1H/t12?,16-,17+,26-,31+;10?,14-,15+,17+,22-,27+;/m11./s1. The summed E-state index contributed by atoms with van der Waals surface area (Å²) in [6.45, 7) is -0.253. The molecule has 4 aromatic carbocycles. The average Bonchev–Trinajstić information content (AvgIpc) is 0.784. The first-order valence-corrected chi connectivity index (χ1v) is 26.8. The summed E-state index contributed by atoms with van der Waals surface area (Å²) in [5.41, 5.74) is -4.05. The van der Waals surface area contributed by atoms with E-state index in [2.05, 4.69) is 11.1 Å². The van der Waals surface area contributed by atoms with Gasteiger partial charge >= 0.3 is 5.97 Å². The molecule has 1 amide bonds. The largest absolute Gasteiger partial charge is 1.00 e. The molecule has 1 saturated heterocycles. The van der Waals surface area contributed by atoms with Gasteiger partial charge in [0.15, 0.2) is 41.0 Å². The number of carboxylic acids is 1. The lowest BCUT2D eigenvalue weighted by Crippen LogP contribution is -3.00. The van der Waals surface area contributed by atoms with E-state index in [1.807, 2.05) is 0 Å². The number of nitrogens with one attached hydrogen (secondary N) is 1. The summed E-state index contributed by atoms with van der Waals surface area (Å²) < 4.78 is 23.4. The van der Waals surface area contributed by atoms with Crippen LogP contribution in [0.1, 0.15) is 155 Å². The van der Waals surface area contributed by atoms with Crippen LogP contribution in [0.25, 0.3) is 0 Å². The van der Waals surface area contributed by atoms with Crippen molar-refractivity contribution in [1.82, 2.24) is 5.32 Å². The second kappa shape index (κ2) is 24.5. The predicted molar refractivity (Wildman–Crippen MR) is 281 cm³/mol. The van der Waals surface area contributed by atoms with Gasteiger partial charge in [-0.1, -0.05) is 36.4 Å². The number of aliphatic hydroxyl groups excluding tert-OH is 6. The molecule has 27 nitrogen and oxygen atoms in total. The van der Waals surface area contributed by atoms with Crippen molar-refractivity contribution in [1.29, 1.82) is 0 Å². The van der Waals surface area contributed by atoms with E-state index in [9.17, 15) is 99.6 Å². The number of halogens is 1. The molecule has 86 heavy (non-hydrogen) atoms. The maximum Gasteiger partial charge on any atom is 0.303 e. The number of hydrogen-bond acceptors (Lipinski definition) is 24. The lowest BCUT2D eigenvalue weighted by atomic mass is 9.71. The van der Waals surface area contributed by atoms with E-state index in [-0.39, 0.29) is 80.4 Å². The summed E-state index contributed by atoms with van der Waals surface area (Å²) in [5.74, 6) is -10.7. The van der Waals surface area contributed by atoms with Gasteiger partial charge < -0.3 is 109 Å². The van der Waals surface area contributed by atoms with Crippen LogP contribution in [0.15, 0.2) is 48.4 Å². The number of amides is 1. The van der Waals surface area contributed by atoms with Crippen LogP contribution in [0.3, 0.4) is 0 Å². The highest BCUT2D eigenvalue weighted by atomic mass is 35.5. The molecule has 0 radical (unpaired) electrons. The first kappa shape index (κ1) is 64.2. The topological polar surface area (TPSA) is 476 Å². The summed E-state index contributed by atoms with van der Waals surface area (Å²) in [6, 6.07) is 6.79. The molecule has 460 valence electrons. The van der Waals surface area contributed by atoms with Crippen LogP contribution in [-0.4, -0.2) is 180 Å². The van der Waals surface area contributed by atoms with E-state index in [0.29, 0.717) is 0 Å². The molecule has 0 bridgehead atoms. The van der Waals surface area contributed by atoms with E-state index < -0.39 is 223 Å². The summed E-state index contributed by atoms with van der Waals surface area (Å²) in [4.78, 5) is 103. The molecule has 4 aliphatic carbocycles. The minimum Gasteiger partial charge on any atom is -1.00 e. The summed E-state index contributed by atoms with van der Waals surface area (Å²) >= 11 is 0. The fourth-order valence-electron chi connectivity index (χ4n) is 12.0. The fraction of sp³-hybridized carbons (Fsp3) is 0.414. The zero-order valence-corrected chi connectivity index (χ0v) is 46.6. The number of Topliss-reactive ketones (excluding diaryl/α,β-unsaturated/α-hetero) is 2. The Bertz CT molecular complexity index is 3530. The maximum absolute atomic E-state index is 13.7. The Morgan fingerprint density at radius 2 is 1.12 bits per heavy atom. The van der Waals surface area contributed by atoms with Gasteiger partial charge in [0.25, 0.3) is 5.95 Å². The van der Waals surface area contributed by atoms with Gasteiger partial charge in [-0.15, -0.1) is 0 Å². The molecule has 0 aromatic heterocycles. The van der Waals surface area contributed by atoms with Crippen LogP contribution in [0.2, 0.25) is 0 Å². The summed E-state index contributed by atoms with van der Waals surface area (Å²) in [6.07, 6.45) is -9.77. The lowest BCUT2D eigenvalue weighted by Gasteiger charge is -2.41. The number of carbonyl (C=O) groups excluding carboxylic acids is 7. The minimum absolute atomic E-state index is 0. The highest BCUT2D eigenvalue weighted by molar-refractivity contribution is 6.32. The molecule has 11 atom stereocenters. The Hall–Kier alpha value is -7.77. The zero-order chi connectivity index (χ0) is 62.0. The first-order chi connectivity index (χ1) is 40.1. The van der Waals surface area contributed by atoms with Gasteiger partial charge in [-0.3, -0.25) is 38.4 Å². The van der Waals surface area contributed by atoms with E-state index in [1.54, 1.807) is 6.92 Å². The molecule has 6 aliphatic rings. The van der Waals surface area contributed by atoms with E-state index in [1.165, 1.54) is 43.3 Å². The second-order valence-electron chi connectivity index (χ2n) is 21.8. The molecule has 2 heterocycles. The van der Waals surface area contributed by atoms with E-state index >= 15 is 0 Å². The number of quaternary nitrogens is 1. The van der Waals surface area contributed by atoms with Gasteiger partial charge in [-0.2, -0.15) is 0 Å². The van der Waals surface area contributed by atoms with Crippen LogP contribution >= 0.6 is 0 Å². The Morgan fingerprint density at radius 1 is 0.651 bits per heavy atom. The Balaban J connectivity index is 0.000000224. The number of aromatic hydroxyl groups is 4. The predicted octanol–water partition coefficient (Wildman–Crippen LogP) is -4.60. The third-order valence-electron chi connectivity index (χ3n) is 16.4. The van der Waals surface area contributed by atoms with Crippen molar-refractivity contribution >= 4 is 46.6 Å². The fourth-order valence-corrected chi connectivity index (χ4v) is 12.0. The van der Waals surface area contributed by atoms with E-state index in [4.69, 9.17) is 24.1 Å². The quantitative estimate of drug-likeness (QED) is 0.0456. The lowest BCUT2D eigenvalue weighted by molar-refractivity contribution is -0.466. The number of phenolic OH excluding ortho intramolecular Hbond substituents is 4. The molecule has 17 N–H and O–H groups in total. The number of carbonyl (C=O) groups is 8. The van der Waals surface area contributed by atoms with Gasteiger partial charge in [0.1, 0.15) is 77.9 Å².